The minimum Gasteiger partial charge on any atom is -0.345 e. The van der Waals surface area contributed by atoms with Crippen molar-refractivity contribution < 1.29 is 4.79 Å². The Morgan fingerprint density at radius 3 is 2.79 bits per heavy atom. The first-order valence-corrected chi connectivity index (χ1v) is 9.68. The van der Waals surface area contributed by atoms with Gasteiger partial charge in [0.15, 0.2) is 5.65 Å². The number of nitrogens with zero attached hydrogens (tertiary/aromatic N) is 4. The zero-order chi connectivity index (χ0) is 20.0. The molecule has 0 bridgehead atoms. The second-order valence-corrected chi connectivity index (χ2v) is 7.45. The van der Waals surface area contributed by atoms with Crippen LogP contribution < -0.4 is 5.43 Å². The molecule has 1 amide bonds. The van der Waals surface area contributed by atoms with Crippen LogP contribution in [0.25, 0.3) is 22.2 Å². The van der Waals surface area contributed by atoms with Gasteiger partial charge in [-0.25, -0.2) is 15.0 Å². The predicted molar refractivity (Wildman–Crippen MR) is 109 cm³/mol. The standard InChI is InChI=1S/C21H20N6O2/c1-12-2-3-15-18(28)16(10-23-19(15)26-12)21(29)27-8-5-13(6-9-27)14-4-7-22-20-17(14)24-11-25-20/h2-4,7,10-11,13H,5-6,8-9H2,1H3,(H,22,24,25)(H,23,26,28). The number of hydrogen-bond donors (Lipinski definition) is 2. The number of hydrogen-bond acceptors (Lipinski definition) is 5. The lowest BCUT2D eigenvalue weighted by atomic mass is 9.89. The third-order valence-electron chi connectivity index (χ3n) is 5.69. The second kappa shape index (κ2) is 6.80. The van der Waals surface area contributed by atoms with Crippen LogP contribution in [0, 0.1) is 6.92 Å². The molecule has 146 valence electrons. The zero-order valence-electron chi connectivity index (χ0n) is 16.0. The van der Waals surface area contributed by atoms with Gasteiger partial charge in [-0.1, -0.05) is 0 Å². The van der Waals surface area contributed by atoms with Crippen LogP contribution >= 0.6 is 0 Å². The summed E-state index contributed by atoms with van der Waals surface area (Å²) in [6, 6.07) is 5.52. The molecule has 0 aromatic carbocycles. The van der Waals surface area contributed by atoms with Gasteiger partial charge in [0, 0.05) is 31.2 Å². The third kappa shape index (κ3) is 2.97. The van der Waals surface area contributed by atoms with E-state index in [-0.39, 0.29) is 16.9 Å². The normalized spacial score (nSPS) is 15.3. The lowest BCUT2D eigenvalue weighted by Gasteiger charge is -2.32. The van der Waals surface area contributed by atoms with Gasteiger partial charge in [-0.2, -0.15) is 0 Å². The van der Waals surface area contributed by atoms with Gasteiger partial charge in [0.2, 0.25) is 5.43 Å². The van der Waals surface area contributed by atoms with E-state index >= 15 is 0 Å². The Morgan fingerprint density at radius 2 is 1.97 bits per heavy atom. The third-order valence-corrected chi connectivity index (χ3v) is 5.69. The highest BCUT2D eigenvalue weighted by Crippen LogP contribution is 2.31. The number of imidazole rings is 1. The molecule has 1 fully saturated rings. The van der Waals surface area contributed by atoms with Gasteiger partial charge >= 0.3 is 0 Å². The van der Waals surface area contributed by atoms with E-state index in [9.17, 15) is 9.59 Å². The zero-order valence-corrected chi connectivity index (χ0v) is 16.0. The van der Waals surface area contributed by atoms with Crippen molar-refractivity contribution in [2.45, 2.75) is 25.7 Å². The lowest BCUT2D eigenvalue weighted by molar-refractivity contribution is 0.0712. The number of aryl methyl sites for hydroxylation is 1. The van der Waals surface area contributed by atoms with Crippen molar-refractivity contribution in [1.82, 2.24) is 29.8 Å². The van der Waals surface area contributed by atoms with Crippen LogP contribution in [0.3, 0.4) is 0 Å². The van der Waals surface area contributed by atoms with Crippen LogP contribution in [0.5, 0.6) is 0 Å². The van der Waals surface area contributed by atoms with Crippen molar-refractivity contribution in [2.24, 2.45) is 0 Å². The van der Waals surface area contributed by atoms with Crippen molar-refractivity contribution in [3.63, 3.8) is 0 Å². The van der Waals surface area contributed by atoms with Crippen LogP contribution in [0.1, 0.15) is 40.4 Å². The highest BCUT2D eigenvalue weighted by atomic mass is 16.2. The van der Waals surface area contributed by atoms with Crippen molar-refractivity contribution in [3.05, 3.63) is 64.0 Å². The fourth-order valence-electron chi connectivity index (χ4n) is 4.13. The lowest BCUT2D eigenvalue weighted by Crippen LogP contribution is -2.40. The van der Waals surface area contributed by atoms with Crippen molar-refractivity contribution >= 4 is 28.1 Å². The van der Waals surface area contributed by atoms with Gasteiger partial charge in [-0.05, 0) is 49.4 Å². The number of rotatable bonds is 2. The number of pyridine rings is 3. The van der Waals surface area contributed by atoms with E-state index in [1.54, 1.807) is 29.6 Å². The first-order valence-electron chi connectivity index (χ1n) is 9.68. The average Bonchev–Trinajstić information content (AvgIpc) is 3.22. The molecule has 0 aliphatic carbocycles. The summed E-state index contributed by atoms with van der Waals surface area (Å²) in [7, 11) is 0. The van der Waals surface area contributed by atoms with E-state index in [0.29, 0.717) is 35.7 Å². The highest BCUT2D eigenvalue weighted by molar-refractivity contribution is 5.96. The molecule has 29 heavy (non-hydrogen) atoms. The molecule has 8 heteroatoms. The molecule has 0 radical (unpaired) electrons. The number of aromatic nitrogens is 5. The smallest absolute Gasteiger partial charge is 0.259 e. The highest BCUT2D eigenvalue weighted by Gasteiger charge is 2.27. The molecule has 8 nitrogen and oxygen atoms in total. The molecule has 0 spiro atoms. The molecule has 2 N–H and O–H groups in total. The van der Waals surface area contributed by atoms with Crippen LogP contribution in [0.4, 0.5) is 0 Å². The Balaban J connectivity index is 1.37. The van der Waals surface area contributed by atoms with E-state index in [2.05, 4.69) is 24.9 Å². The van der Waals surface area contributed by atoms with Crippen LogP contribution in [0.2, 0.25) is 0 Å². The summed E-state index contributed by atoms with van der Waals surface area (Å²) in [5, 5.41) is 0.440. The molecule has 1 saturated heterocycles. The molecular weight excluding hydrogens is 368 g/mol. The first kappa shape index (κ1) is 17.5. The van der Waals surface area contributed by atoms with Gasteiger partial charge < -0.3 is 14.9 Å². The summed E-state index contributed by atoms with van der Waals surface area (Å²) < 4.78 is 0. The van der Waals surface area contributed by atoms with Crippen molar-refractivity contribution in [3.8, 4) is 0 Å². The summed E-state index contributed by atoms with van der Waals surface area (Å²) in [5.41, 5.74) is 4.08. The minimum atomic E-state index is -0.272. The largest absolute Gasteiger partial charge is 0.345 e. The molecule has 5 heterocycles. The summed E-state index contributed by atoms with van der Waals surface area (Å²) in [6.07, 6.45) is 6.58. The number of piperidine rings is 1. The molecular formula is C21H20N6O2. The Labute approximate surface area is 166 Å². The van der Waals surface area contributed by atoms with E-state index in [1.165, 1.54) is 11.8 Å². The first-order chi connectivity index (χ1) is 14.1. The summed E-state index contributed by atoms with van der Waals surface area (Å²) in [4.78, 5) is 46.5. The van der Waals surface area contributed by atoms with Crippen molar-refractivity contribution in [1.29, 1.82) is 0 Å². The van der Waals surface area contributed by atoms with Crippen LogP contribution in [0.15, 0.2) is 41.7 Å². The molecule has 5 rings (SSSR count). The average molecular weight is 388 g/mol. The number of aromatic amines is 2. The Hall–Kier alpha value is -3.55. The molecule has 4 aromatic heterocycles. The van der Waals surface area contributed by atoms with E-state index in [4.69, 9.17) is 0 Å². The molecule has 0 saturated carbocycles. The maximum Gasteiger partial charge on any atom is 0.259 e. The molecule has 1 aliphatic rings. The fraction of sp³-hybridized carbons (Fsp3) is 0.286. The number of H-pyrrole nitrogens is 2. The Morgan fingerprint density at radius 1 is 1.14 bits per heavy atom. The maximum atomic E-state index is 13.0. The number of fused-ring (bicyclic) bond motifs is 2. The SMILES string of the molecule is Cc1ccc2c(=O)c(C(=O)N3CCC(c4ccnc5nc[nH]c45)CC3)c[nH]c2n1. The molecule has 0 atom stereocenters. The van der Waals surface area contributed by atoms with Gasteiger partial charge in [0.1, 0.15) is 11.2 Å². The number of amides is 1. The summed E-state index contributed by atoms with van der Waals surface area (Å²) >= 11 is 0. The number of carbonyl (C=O) groups excluding carboxylic acids is 1. The summed E-state index contributed by atoms with van der Waals surface area (Å²) in [5.74, 6) is 0.0978. The Bertz CT molecular complexity index is 1280. The van der Waals surface area contributed by atoms with E-state index < -0.39 is 0 Å². The van der Waals surface area contributed by atoms with Crippen molar-refractivity contribution in [2.75, 3.05) is 13.1 Å². The quantitative estimate of drug-likeness (QED) is 0.549. The van der Waals surface area contributed by atoms with E-state index in [1.807, 2.05) is 13.0 Å². The van der Waals surface area contributed by atoms with Crippen LogP contribution in [-0.4, -0.2) is 48.8 Å². The van der Waals surface area contributed by atoms with E-state index in [0.717, 1.165) is 24.1 Å². The Kier molecular flexibility index (Phi) is 4.12. The maximum absolute atomic E-state index is 13.0. The predicted octanol–water partition coefficient (Wildman–Crippen LogP) is 2.52. The second-order valence-electron chi connectivity index (χ2n) is 7.45. The van der Waals surface area contributed by atoms with Gasteiger partial charge in [-0.15, -0.1) is 0 Å². The number of carbonyl (C=O) groups is 1. The molecule has 1 aliphatic heterocycles. The number of likely N-dealkylation sites (tertiary alicyclic amines) is 1. The number of nitrogens with one attached hydrogen (secondary N) is 2. The topological polar surface area (TPSA) is 108 Å². The van der Waals surface area contributed by atoms with Gasteiger partial charge in [0.05, 0.1) is 17.2 Å². The van der Waals surface area contributed by atoms with Crippen LogP contribution in [-0.2, 0) is 0 Å². The molecule has 0 unspecified atom stereocenters. The monoisotopic (exact) mass is 388 g/mol. The molecule has 4 aromatic rings. The van der Waals surface area contributed by atoms with Gasteiger partial charge in [-0.3, -0.25) is 9.59 Å². The minimum absolute atomic E-state index is 0.168. The summed E-state index contributed by atoms with van der Waals surface area (Å²) in [6.45, 7) is 3.07. The fourth-order valence-corrected chi connectivity index (χ4v) is 4.13. The van der Waals surface area contributed by atoms with Gasteiger partial charge in [0.25, 0.3) is 5.91 Å².